The first kappa shape index (κ1) is 27.9. The third kappa shape index (κ3) is 9.70. The molecule has 1 aliphatic rings. The Labute approximate surface area is 220 Å². The molecule has 0 unspecified atom stereocenters. The molecule has 0 radical (unpaired) electrons. The number of amidine groups is 2. The summed E-state index contributed by atoms with van der Waals surface area (Å²) in [4.78, 5) is 22.6. The smallest absolute Gasteiger partial charge is 0.222 e. The average Bonchev–Trinajstić information content (AvgIpc) is 2.84. The number of rotatable bonds is 13. The lowest BCUT2D eigenvalue weighted by Crippen LogP contribution is -3.05. The molecule has 9 nitrogen and oxygen atoms in total. The SMILES string of the molecule is C[NH+](C)CCCNc1ccc(N=C2N=C(N)C(=O)C=C2Nc2ccc(NCCC[N+](C)(C)C)cc2)cc1. The zero-order valence-corrected chi connectivity index (χ0v) is 22.8. The van der Waals surface area contributed by atoms with Gasteiger partial charge in [0, 0.05) is 49.1 Å². The number of dihydropyridines is 1. The fourth-order valence-corrected chi connectivity index (χ4v) is 3.74. The molecule has 0 amide bonds. The predicted octanol–water partition coefficient (Wildman–Crippen LogP) is 2.11. The highest BCUT2D eigenvalue weighted by atomic mass is 16.1. The number of ketones is 1. The number of nitrogens with two attached hydrogens (primary N) is 1. The van der Waals surface area contributed by atoms with Gasteiger partial charge in [-0.25, -0.2) is 9.98 Å². The van der Waals surface area contributed by atoms with E-state index in [-0.39, 0.29) is 11.6 Å². The van der Waals surface area contributed by atoms with E-state index in [0.717, 1.165) is 66.3 Å². The van der Waals surface area contributed by atoms with Crippen LogP contribution in [0.1, 0.15) is 12.8 Å². The first-order chi connectivity index (χ1) is 17.6. The maximum absolute atomic E-state index is 12.2. The Kier molecular flexibility index (Phi) is 9.82. The summed E-state index contributed by atoms with van der Waals surface area (Å²) >= 11 is 0. The number of anilines is 3. The van der Waals surface area contributed by atoms with Crippen LogP contribution in [0.2, 0.25) is 0 Å². The fourth-order valence-electron chi connectivity index (χ4n) is 3.74. The van der Waals surface area contributed by atoms with Crippen LogP contribution < -0.4 is 26.6 Å². The molecule has 0 saturated heterocycles. The van der Waals surface area contributed by atoms with Crippen LogP contribution in [-0.4, -0.2) is 83.4 Å². The third-order valence-corrected chi connectivity index (χ3v) is 5.78. The Balaban J connectivity index is 1.63. The van der Waals surface area contributed by atoms with E-state index in [2.05, 4.69) is 61.2 Å². The van der Waals surface area contributed by atoms with Crippen LogP contribution in [0.25, 0.3) is 0 Å². The van der Waals surface area contributed by atoms with Gasteiger partial charge in [-0.3, -0.25) is 4.79 Å². The van der Waals surface area contributed by atoms with Gasteiger partial charge in [-0.05, 0) is 48.5 Å². The van der Waals surface area contributed by atoms with E-state index in [0.29, 0.717) is 11.5 Å². The van der Waals surface area contributed by atoms with Gasteiger partial charge in [-0.15, -0.1) is 0 Å². The number of carbonyl (C=O) groups excluding carboxylic acids is 1. The Hall–Kier alpha value is -3.69. The topological polar surface area (TPSA) is 108 Å². The second-order valence-corrected chi connectivity index (χ2v) is 10.6. The van der Waals surface area contributed by atoms with Crippen LogP contribution in [0, 0.1) is 0 Å². The third-order valence-electron chi connectivity index (χ3n) is 5.78. The zero-order chi connectivity index (χ0) is 26.8. The molecule has 0 atom stereocenters. The number of benzene rings is 2. The van der Waals surface area contributed by atoms with Crippen molar-refractivity contribution < 1.29 is 14.2 Å². The van der Waals surface area contributed by atoms with Crippen LogP contribution >= 0.6 is 0 Å². The molecule has 198 valence electrons. The summed E-state index contributed by atoms with van der Waals surface area (Å²) in [6, 6.07) is 15.8. The van der Waals surface area contributed by atoms with Gasteiger partial charge >= 0.3 is 0 Å². The molecule has 0 aromatic heterocycles. The summed E-state index contributed by atoms with van der Waals surface area (Å²) in [5, 5.41) is 10.2. The van der Waals surface area contributed by atoms with Crippen molar-refractivity contribution in [3.05, 3.63) is 60.3 Å². The lowest BCUT2D eigenvalue weighted by atomic mass is 10.2. The Morgan fingerprint density at radius 2 is 1.46 bits per heavy atom. The molecule has 9 heteroatoms. The summed E-state index contributed by atoms with van der Waals surface area (Å²) in [7, 11) is 10.9. The highest BCUT2D eigenvalue weighted by molar-refractivity contribution is 6.47. The molecule has 0 spiro atoms. The van der Waals surface area contributed by atoms with Crippen molar-refractivity contribution >= 4 is 40.2 Å². The van der Waals surface area contributed by atoms with Crippen LogP contribution in [0.15, 0.2) is 70.3 Å². The molecule has 0 bridgehead atoms. The molecular weight excluding hydrogens is 464 g/mol. The number of hydrogen-bond acceptors (Lipinski definition) is 6. The van der Waals surface area contributed by atoms with Gasteiger partial charge in [0.15, 0.2) is 11.7 Å². The van der Waals surface area contributed by atoms with Gasteiger partial charge in [-0.1, -0.05) is 0 Å². The number of aliphatic imine (C=N–C) groups is 2. The normalized spacial score (nSPS) is 15.0. The lowest BCUT2D eigenvalue weighted by Gasteiger charge is -2.23. The minimum atomic E-state index is -0.337. The molecular formula is C28H42N8O+2. The molecule has 0 fully saturated rings. The van der Waals surface area contributed by atoms with Gasteiger partial charge < -0.3 is 31.1 Å². The highest BCUT2D eigenvalue weighted by Crippen LogP contribution is 2.21. The largest absolute Gasteiger partial charge is 0.385 e. The average molecular weight is 507 g/mol. The number of nitrogens with zero attached hydrogens (tertiary/aromatic N) is 3. The van der Waals surface area contributed by atoms with Gasteiger partial charge in [0.25, 0.3) is 0 Å². The first-order valence-corrected chi connectivity index (χ1v) is 12.8. The van der Waals surface area contributed by atoms with E-state index >= 15 is 0 Å². The molecule has 1 aliphatic heterocycles. The summed E-state index contributed by atoms with van der Waals surface area (Å²) in [6.45, 7) is 4.06. The number of hydrogen-bond donors (Lipinski definition) is 5. The predicted molar refractivity (Wildman–Crippen MR) is 155 cm³/mol. The Morgan fingerprint density at radius 1 is 0.892 bits per heavy atom. The van der Waals surface area contributed by atoms with Crippen molar-refractivity contribution in [2.45, 2.75) is 12.8 Å². The summed E-state index contributed by atoms with van der Waals surface area (Å²) in [5.41, 5.74) is 9.98. The molecule has 0 aliphatic carbocycles. The summed E-state index contributed by atoms with van der Waals surface area (Å²) in [5.74, 6) is -0.0376. The van der Waals surface area contributed by atoms with Gasteiger partial charge in [0.2, 0.25) is 5.78 Å². The Morgan fingerprint density at radius 3 is 2.05 bits per heavy atom. The summed E-state index contributed by atoms with van der Waals surface area (Å²) < 4.78 is 0.952. The molecule has 1 heterocycles. The van der Waals surface area contributed by atoms with Crippen LogP contribution in [-0.2, 0) is 4.79 Å². The monoisotopic (exact) mass is 506 g/mol. The van der Waals surface area contributed by atoms with Crippen LogP contribution in [0.3, 0.4) is 0 Å². The second kappa shape index (κ2) is 13.0. The van der Waals surface area contributed by atoms with E-state index in [1.807, 2.05) is 48.5 Å². The minimum absolute atomic E-state index is 0.0703. The fraction of sp³-hybridized carbons (Fsp3) is 0.393. The van der Waals surface area contributed by atoms with Crippen LogP contribution in [0.4, 0.5) is 22.7 Å². The van der Waals surface area contributed by atoms with Gasteiger partial charge in [0.1, 0.15) is 0 Å². The minimum Gasteiger partial charge on any atom is -0.385 e. The van der Waals surface area contributed by atoms with Crippen molar-refractivity contribution in [3.63, 3.8) is 0 Å². The van der Waals surface area contributed by atoms with Crippen molar-refractivity contribution in [2.75, 3.05) is 77.4 Å². The van der Waals surface area contributed by atoms with Crippen molar-refractivity contribution in [1.29, 1.82) is 0 Å². The Bertz CT molecular complexity index is 1130. The quantitative estimate of drug-likeness (QED) is 0.211. The molecule has 3 rings (SSSR count). The lowest BCUT2D eigenvalue weighted by molar-refractivity contribution is -0.870. The van der Waals surface area contributed by atoms with E-state index in [1.165, 1.54) is 11.0 Å². The number of quaternary nitrogens is 2. The molecule has 2 aromatic carbocycles. The van der Waals surface area contributed by atoms with Crippen molar-refractivity contribution in [3.8, 4) is 0 Å². The molecule has 6 N–H and O–H groups in total. The maximum Gasteiger partial charge on any atom is 0.222 e. The molecule has 0 saturated carbocycles. The van der Waals surface area contributed by atoms with E-state index in [4.69, 9.17) is 5.73 Å². The van der Waals surface area contributed by atoms with E-state index in [9.17, 15) is 4.79 Å². The number of nitrogens with one attached hydrogen (secondary N) is 4. The zero-order valence-electron chi connectivity index (χ0n) is 22.8. The van der Waals surface area contributed by atoms with Gasteiger partial charge in [0.05, 0.1) is 59.7 Å². The standard InChI is InChI=1S/C28H40N8O/c1-35(2)18-6-16-30-21-10-14-24(15-11-21)33-28-25(20-26(37)27(29)34-28)32-23-12-8-22(9-13-23)31-17-7-19-36(3,4)5/h8-15,20H,6-7,16-19H2,1-5H3,(H4-,29,30,31,32,33,34,37)/p+2. The maximum atomic E-state index is 12.2. The second-order valence-electron chi connectivity index (χ2n) is 10.6. The van der Waals surface area contributed by atoms with E-state index < -0.39 is 0 Å². The van der Waals surface area contributed by atoms with Crippen molar-refractivity contribution in [2.24, 2.45) is 15.7 Å². The first-order valence-electron chi connectivity index (χ1n) is 12.8. The van der Waals surface area contributed by atoms with Gasteiger partial charge in [-0.2, -0.15) is 0 Å². The van der Waals surface area contributed by atoms with Crippen LogP contribution in [0.5, 0.6) is 0 Å². The van der Waals surface area contributed by atoms with E-state index in [1.54, 1.807) is 0 Å². The molecule has 2 aromatic rings. The number of carbonyl (C=O) groups is 1. The molecule has 37 heavy (non-hydrogen) atoms. The summed E-state index contributed by atoms with van der Waals surface area (Å²) in [6.07, 6.45) is 3.63. The highest BCUT2D eigenvalue weighted by Gasteiger charge is 2.19. The van der Waals surface area contributed by atoms with Crippen molar-refractivity contribution in [1.82, 2.24) is 0 Å².